The average Bonchev–Trinajstić information content (AvgIpc) is 3.10. The fraction of sp³-hybridized carbons (Fsp3) is 0.444. The van der Waals surface area contributed by atoms with Gasteiger partial charge in [0.2, 0.25) is 16.9 Å². The van der Waals surface area contributed by atoms with Gasteiger partial charge in [-0.05, 0) is 55.9 Å². The molecule has 2 saturated heterocycles. The van der Waals surface area contributed by atoms with Gasteiger partial charge in [0.1, 0.15) is 17.5 Å². The second kappa shape index (κ2) is 10.8. The van der Waals surface area contributed by atoms with Crippen LogP contribution in [-0.4, -0.2) is 62.0 Å². The highest BCUT2D eigenvalue weighted by atomic mass is 32.2. The number of carbonyl (C=O) groups is 3. The first-order valence-electron chi connectivity index (χ1n) is 12.1. The van der Waals surface area contributed by atoms with Gasteiger partial charge in [-0.2, -0.15) is 0 Å². The van der Waals surface area contributed by atoms with Gasteiger partial charge in [-0.25, -0.2) is 0 Å². The first kappa shape index (κ1) is 25.8. The molecule has 186 valence electrons. The van der Waals surface area contributed by atoms with Crippen LogP contribution in [-0.2, 0) is 27.3 Å². The number of β-lactam (4-membered cyclic amide) rings is 1. The molecular formula is C27H33N3O3S2. The Hall–Kier alpha value is -2.29. The van der Waals surface area contributed by atoms with E-state index < -0.39 is 16.8 Å². The van der Waals surface area contributed by atoms with Gasteiger partial charge >= 0.3 is 0 Å². The van der Waals surface area contributed by atoms with E-state index in [1.165, 1.54) is 11.8 Å². The van der Waals surface area contributed by atoms with Gasteiger partial charge < -0.3 is 10.2 Å². The van der Waals surface area contributed by atoms with Crippen molar-refractivity contribution in [3.8, 4) is 0 Å². The maximum absolute atomic E-state index is 13.6. The second-order valence-corrected chi connectivity index (χ2v) is 12.3. The highest BCUT2D eigenvalue weighted by Gasteiger charge is 2.63. The molecular weight excluding hydrogens is 478 g/mol. The zero-order valence-electron chi connectivity index (χ0n) is 20.7. The number of rotatable bonds is 9. The molecule has 6 nitrogen and oxygen atoms in total. The molecule has 8 heteroatoms. The fourth-order valence-electron chi connectivity index (χ4n) is 4.72. The standard InChI is InChI=1S/C27H33N3O3S2/c1-5-29(6-2)17-19-14-10-11-15-20(19)34-26(33)23-27(3,4)35-25-22(24(32)30(23)25)28-21(31)16-18-12-8-7-9-13-18/h7-15,22-23,25H,5-6,16-17H2,1-4H3,(H,28,31)/t22-,23+,25-/m1/s1. The molecule has 35 heavy (non-hydrogen) atoms. The van der Waals surface area contributed by atoms with Crippen LogP contribution >= 0.6 is 23.5 Å². The van der Waals surface area contributed by atoms with E-state index in [1.807, 2.05) is 62.4 Å². The number of amides is 2. The molecule has 2 heterocycles. The smallest absolute Gasteiger partial charge is 0.249 e. The molecule has 0 aromatic heterocycles. The van der Waals surface area contributed by atoms with Gasteiger partial charge in [-0.3, -0.25) is 19.3 Å². The summed E-state index contributed by atoms with van der Waals surface area (Å²) in [5.41, 5.74) is 2.02. The van der Waals surface area contributed by atoms with Crippen molar-refractivity contribution in [1.29, 1.82) is 0 Å². The van der Waals surface area contributed by atoms with Crippen molar-refractivity contribution >= 4 is 40.5 Å². The summed E-state index contributed by atoms with van der Waals surface area (Å²) in [4.78, 5) is 44.2. The monoisotopic (exact) mass is 511 g/mol. The lowest BCUT2D eigenvalue weighted by atomic mass is 9.96. The highest BCUT2D eigenvalue weighted by Crippen LogP contribution is 2.52. The lowest BCUT2D eigenvalue weighted by Gasteiger charge is -2.44. The predicted molar refractivity (Wildman–Crippen MR) is 142 cm³/mol. The van der Waals surface area contributed by atoms with Crippen molar-refractivity contribution in [3.63, 3.8) is 0 Å². The van der Waals surface area contributed by atoms with Gasteiger partial charge in [0.15, 0.2) is 0 Å². The van der Waals surface area contributed by atoms with Gasteiger partial charge in [-0.1, -0.05) is 62.4 Å². The Morgan fingerprint density at radius 1 is 1.06 bits per heavy atom. The van der Waals surface area contributed by atoms with Crippen molar-refractivity contribution in [1.82, 2.24) is 15.1 Å². The van der Waals surface area contributed by atoms with E-state index in [2.05, 4.69) is 30.1 Å². The molecule has 2 fully saturated rings. The SMILES string of the molecule is CCN(CC)Cc1ccccc1SC(=O)[C@@H]1N2C(=O)[C@@H](NC(=O)Cc3ccccc3)[C@H]2SC1(C)C. The molecule has 0 radical (unpaired) electrons. The summed E-state index contributed by atoms with van der Waals surface area (Å²) in [6, 6.07) is 16.3. The topological polar surface area (TPSA) is 69.7 Å². The number of nitrogens with one attached hydrogen (secondary N) is 1. The third-order valence-electron chi connectivity index (χ3n) is 6.66. The minimum absolute atomic E-state index is 0.0283. The van der Waals surface area contributed by atoms with Crippen LogP contribution in [0, 0.1) is 0 Å². The summed E-state index contributed by atoms with van der Waals surface area (Å²) in [5, 5.41) is 2.65. The third-order valence-corrected chi connectivity index (χ3v) is 9.27. The molecule has 0 saturated carbocycles. The largest absolute Gasteiger partial charge is 0.341 e. The third kappa shape index (κ3) is 5.44. The zero-order valence-corrected chi connectivity index (χ0v) is 22.3. The van der Waals surface area contributed by atoms with Crippen LogP contribution in [0.4, 0.5) is 0 Å². The van der Waals surface area contributed by atoms with Crippen molar-refractivity contribution in [3.05, 3.63) is 65.7 Å². The first-order valence-corrected chi connectivity index (χ1v) is 13.8. The van der Waals surface area contributed by atoms with E-state index >= 15 is 0 Å². The molecule has 0 unspecified atom stereocenters. The number of carbonyl (C=O) groups excluding carboxylic acids is 3. The van der Waals surface area contributed by atoms with Gasteiger partial charge in [-0.15, -0.1) is 11.8 Å². The Labute approximate surface area is 216 Å². The summed E-state index contributed by atoms with van der Waals surface area (Å²) < 4.78 is -0.447. The molecule has 0 bridgehead atoms. The summed E-state index contributed by atoms with van der Waals surface area (Å²) in [7, 11) is 0. The molecule has 2 amide bonds. The van der Waals surface area contributed by atoms with Crippen molar-refractivity contribution in [2.75, 3.05) is 13.1 Å². The van der Waals surface area contributed by atoms with Crippen LogP contribution in [0.25, 0.3) is 0 Å². The minimum atomic E-state index is -0.590. The van der Waals surface area contributed by atoms with E-state index in [0.29, 0.717) is 0 Å². The molecule has 4 rings (SSSR count). The van der Waals surface area contributed by atoms with Gasteiger partial charge in [0.25, 0.3) is 0 Å². The van der Waals surface area contributed by atoms with Crippen LogP contribution in [0.1, 0.15) is 38.8 Å². The molecule has 0 aliphatic carbocycles. The van der Waals surface area contributed by atoms with E-state index in [-0.39, 0.29) is 28.7 Å². The quantitative estimate of drug-likeness (QED) is 0.406. The molecule has 1 N–H and O–H groups in total. The van der Waals surface area contributed by atoms with Crippen LogP contribution in [0.3, 0.4) is 0 Å². The van der Waals surface area contributed by atoms with E-state index in [4.69, 9.17) is 0 Å². The first-order chi connectivity index (χ1) is 16.7. The molecule has 2 aliphatic rings. The van der Waals surface area contributed by atoms with Crippen molar-refractivity contribution < 1.29 is 14.4 Å². The van der Waals surface area contributed by atoms with Crippen LogP contribution < -0.4 is 5.32 Å². The number of fused-ring (bicyclic) bond motifs is 1. The second-order valence-electron chi connectivity index (χ2n) is 9.46. The lowest BCUT2D eigenvalue weighted by molar-refractivity contribution is -0.153. The number of benzene rings is 2. The van der Waals surface area contributed by atoms with E-state index in [0.717, 1.165) is 35.7 Å². The zero-order chi connectivity index (χ0) is 25.2. The highest BCUT2D eigenvalue weighted by molar-refractivity contribution is 8.14. The fourth-order valence-corrected chi connectivity index (χ4v) is 7.57. The van der Waals surface area contributed by atoms with Crippen LogP contribution in [0.2, 0.25) is 0 Å². The van der Waals surface area contributed by atoms with Gasteiger partial charge in [0.05, 0.1) is 6.42 Å². The average molecular weight is 512 g/mol. The Kier molecular flexibility index (Phi) is 7.93. The summed E-state index contributed by atoms with van der Waals surface area (Å²) in [6.07, 6.45) is 0.229. The Morgan fingerprint density at radius 3 is 2.40 bits per heavy atom. The maximum atomic E-state index is 13.6. The summed E-state index contributed by atoms with van der Waals surface area (Å²) in [6.45, 7) is 11.0. The normalized spacial score (nSPS) is 22.6. The molecule has 3 atom stereocenters. The van der Waals surface area contributed by atoms with Gasteiger partial charge in [0, 0.05) is 16.2 Å². The Morgan fingerprint density at radius 2 is 1.71 bits per heavy atom. The van der Waals surface area contributed by atoms with Crippen LogP contribution in [0.15, 0.2) is 59.5 Å². The molecule has 2 aromatic rings. The van der Waals surface area contributed by atoms with Crippen LogP contribution in [0.5, 0.6) is 0 Å². The van der Waals surface area contributed by atoms with E-state index in [1.54, 1.807) is 16.7 Å². The number of nitrogens with zero attached hydrogens (tertiary/aromatic N) is 2. The predicted octanol–water partition coefficient (Wildman–Crippen LogP) is 3.94. The van der Waals surface area contributed by atoms with E-state index in [9.17, 15) is 14.4 Å². The van der Waals surface area contributed by atoms with Crippen molar-refractivity contribution in [2.45, 2.75) is 67.8 Å². The molecule has 2 aromatic carbocycles. The summed E-state index contributed by atoms with van der Waals surface area (Å²) in [5.74, 6) is -0.355. The molecule has 0 spiro atoms. The minimum Gasteiger partial charge on any atom is -0.341 e. The molecule has 2 aliphatic heterocycles. The summed E-state index contributed by atoms with van der Waals surface area (Å²) >= 11 is 2.83. The number of hydrogen-bond acceptors (Lipinski definition) is 6. The van der Waals surface area contributed by atoms with Crippen molar-refractivity contribution in [2.24, 2.45) is 0 Å². The Balaban J connectivity index is 1.44. The number of thioether (sulfide) groups is 2. The Bertz CT molecular complexity index is 1090. The maximum Gasteiger partial charge on any atom is 0.249 e. The lowest BCUT2D eigenvalue weighted by Crippen LogP contribution is -2.70. The number of hydrogen-bond donors (Lipinski definition) is 1.